The molecule has 1 unspecified atom stereocenters. The highest BCUT2D eigenvalue weighted by Gasteiger charge is 2.21. The third kappa shape index (κ3) is 4.50. The van der Waals surface area contributed by atoms with Crippen LogP contribution in [0.4, 0.5) is 0 Å². The Morgan fingerprint density at radius 1 is 1.40 bits per heavy atom. The quantitative estimate of drug-likeness (QED) is 0.832. The molecule has 1 fully saturated rings. The molecule has 1 atom stereocenters. The minimum Gasteiger partial charge on any atom is -0.465 e. The van der Waals surface area contributed by atoms with Gasteiger partial charge in [0.1, 0.15) is 11.5 Å². The third-order valence-electron chi connectivity index (χ3n) is 4.02. The molecule has 1 aromatic heterocycles. The number of rotatable bonds is 5. The lowest BCUT2D eigenvalue weighted by Crippen LogP contribution is -2.43. The van der Waals surface area contributed by atoms with Gasteiger partial charge in [-0.2, -0.15) is 0 Å². The largest absolute Gasteiger partial charge is 0.465 e. The molecule has 0 bridgehead atoms. The molecule has 0 aromatic carbocycles. The van der Waals surface area contributed by atoms with Gasteiger partial charge in [0.25, 0.3) is 0 Å². The number of aryl methyl sites for hydroxylation is 1. The monoisotopic (exact) mass is 276 g/mol. The van der Waals surface area contributed by atoms with Gasteiger partial charge in [-0.3, -0.25) is 4.90 Å². The van der Waals surface area contributed by atoms with Gasteiger partial charge >= 0.3 is 0 Å². The maximum absolute atomic E-state index is 5.69. The summed E-state index contributed by atoms with van der Waals surface area (Å²) in [6.45, 7) is 12.0. The molecule has 0 amide bonds. The molecule has 20 heavy (non-hydrogen) atoms. The number of likely N-dealkylation sites (tertiary alicyclic amines) is 1. The summed E-state index contributed by atoms with van der Waals surface area (Å²) >= 11 is 0. The van der Waals surface area contributed by atoms with Gasteiger partial charge in [-0.15, -0.1) is 0 Å². The Morgan fingerprint density at radius 3 is 2.65 bits per heavy atom. The molecule has 2 rings (SSSR count). The first kappa shape index (κ1) is 15.3. The van der Waals surface area contributed by atoms with Crippen molar-refractivity contribution >= 4 is 0 Å². The summed E-state index contributed by atoms with van der Waals surface area (Å²) in [6, 6.07) is 5.03. The van der Waals surface area contributed by atoms with Crippen molar-refractivity contribution in [3.05, 3.63) is 35.3 Å². The van der Waals surface area contributed by atoms with Gasteiger partial charge in [-0.1, -0.05) is 11.6 Å². The molecule has 0 radical (unpaired) electrons. The van der Waals surface area contributed by atoms with Crippen molar-refractivity contribution < 1.29 is 4.42 Å². The van der Waals surface area contributed by atoms with Gasteiger partial charge in [0, 0.05) is 12.6 Å². The first-order valence-corrected chi connectivity index (χ1v) is 7.72. The van der Waals surface area contributed by atoms with E-state index in [1.54, 1.807) is 0 Å². The minimum atomic E-state index is 0.304. The van der Waals surface area contributed by atoms with Crippen molar-refractivity contribution in [2.24, 2.45) is 0 Å². The second kappa shape index (κ2) is 7.09. The number of allylic oxidation sites excluding steroid dienone is 1. The molecule has 112 valence electrons. The van der Waals surface area contributed by atoms with Crippen LogP contribution in [0, 0.1) is 6.92 Å². The standard InChI is InChI=1S/C17H28N2O/c1-13(2)7-10-19-11-8-16(9-12-19)18-15(4)17-6-5-14(3)20-17/h5-7,15-16,18H,8-12H2,1-4H3. The van der Waals surface area contributed by atoms with E-state index in [-0.39, 0.29) is 0 Å². The normalized spacial score (nSPS) is 19.0. The molecule has 0 saturated carbocycles. The van der Waals surface area contributed by atoms with E-state index in [9.17, 15) is 0 Å². The molecule has 2 heterocycles. The van der Waals surface area contributed by atoms with E-state index < -0.39 is 0 Å². The Hall–Kier alpha value is -1.06. The van der Waals surface area contributed by atoms with Crippen molar-refractivity contribution in [3.8, 4) is 0 Å². The fraction of sp³-hybridized carbons (Fsp3) is 0.647. The maximum Gasteiger partial charge on any atom is 0.120 e. The summed E-state index contributed by atoms with van der Waals surface area (Å²) in [7, 11) is 0. The molecule has 3 nitrogen and oxygen atoms in total. The minimum absolute atomic E-state index is 0.304. The van der Waals surface area contributed by atoms with Crippen molar-refractivity contribution in [2.75, 3.05) is 19.6 Å². The SMILES string of the molecule is CC(C)=CCN1CCC(NC(C)c2ccc(C)o2)CC1. The molecule has 1 N–H and O–H groups in total. The third-order valence-corrected chi connectivity index (χ3v) is 4.02. The van der Waals surface area contributed by atoms with Crippen LogP contribution in [0.15, 0.2) is 28.2 Å². The van der Waals surface area contributed by atoms with Crippen LogP contribution in [0.2, 0.25) is 0 Å². The van der Waals surface area contributed by atoms with Crippen LogP contribution in [0.1, 0.15) is 51.2 Å². The summed E-state index contributed by atoms with van der Waals surface area (Å²) in [6.07, 6.45) is 4.77. The number of piperidine rings is 1. The molecule has 0 aliphatic carbocycles. The number of nitrogens with zero attached hydrogens (tertiary/aromatic N) is 1. The van der Waals surface area contributed by atoms with Gasteiger partial charge in [-0.05, 0) is 65.8 Å². The zero-order valence-electron chi connectivity index (χ0n) is 13.3. The summed E-state index contributed by atoms with van der Waals surface area (Å²) in [5.74, 6) is 2.04. The van der Waals surface area contributed by atoms with Gasteiger partial charge in [0.2, 0.25) is 0 Å². The van der Waals surface area contributed by atoms with Crippen LogP contribution in [-0.4, -0.2) is 30.6 Å². The van der Waals surface area contributed by atoms with Crippen LogP contribution >= 0.6 is 0 Å². The lowest BCUT2D eigenvalue weighted by molar-refractivity contribution is 0.204. The number of hydrogen-bond acceptors (Lipinski definition) is 3. The zero-order valence-corrected chi connectivity index (χ0v) is 13.3. The van der Waals surface area contributed by atoms with E-state index in [1.165, 1.54) is 31.5 Å². The van der Waals surface area contributed by atoms with E-state index >= 15 is 0 Å². The Kier molecular flexibility index (Phi) is 5.44. The molecular weight excluding hydrogens is 248 g/mol. The fourth-order valence-electron chi connectivity index (χ4n) is 2.72. The van der Waals surface area contributed by atoms with Crippen molar-refractivity contribution in [1.82, 2.24) is 10.2 Å². The summed E-state index contributed by atoms with van der Waals surface area (Å²) in [4.78, 5) is 2.53. The van der Waals surface area contributed by atoms with Crippen molar-refractivity contribution in [1.29, 1.82) is 0 Å². The highest BCUT2D eigenvalue weighted by molar-refractivity contribution is 5.09. The second-order valence-electron chi connectivity index (χ2n) is 6.19. The Morgan fingerprint density at radius 2 is 2.10 bits per heavy atom. The fourth-order valence-corrected chi connectivity index (χ4v) is 2.72. The predicted octanol–water partition coefficient (Wildman–Crippen LogP) is 3.67. The average Bonchev–Trinajstić information content (AvgIpc) is 2.85. The molecule has 1 aliphatic heterocycles. The molecule has 1 saturated heterocycles. The van der Waals surface area contributed by atoms with Gasteiger partial charge < -0.3 is 9.73 Å². The number of hydrogen-bond donors (Lipinski definition) is 1. The lowest BCUT2D eigenvalue weighted by Gasteiger charge is -2.33. The van der Waals surface area contributed by atoms with Crippen molar-refractivity contribution in [3.63, 3.8) is 0 Å². The Balaban J connectivity index is 1.75. The molecular formula is C17H28N2O. The van der Waals surface area contributed by atoms with Crippen LogP contribution in [0.25, 0.3) is 0 Å². The highest BCUT2D eigenvalue weighted by Crippen LogP contribution is 2.19. The van der Waals surface area contributed by atoms with E-state index in [4.69, 9.17) is 4.42 Å². The van der Waals surface area contributed by atoms with Crippen LogP contribution < -0.4 is 5.32 Å². The molecule has 3 heteroatoms. The maximum atomic E-state index is 5.69. The Labute approximate surface area is 123 Å². The number of nitrogens with one attached hydrogen (secondary N) is 1. The van der Waals surface area contributed by atoms with Gasteiger partial charge in [-0.25, -0.2) is 0 Å². The lowest BCUT2D eigenvalue weighted by atomic mass is 10.0. The first-order chi connectivity index (χ1) is 9.54. The second-order valence-corrected chi connectivity index (χ2v) is 6.19. The van der Waals surface area contributed by atoms with E-state index in [2.05, 4.69) is 43.1 Å². The molecule has 0 spiro atoms. The highest BCUT2D eigenvalue weighted by atomic mass is 16.3. The smallest absolute Gasteiger partial charge is 0.120 e. The zero-order chi connectivity index (χ0) is 14.5. The molecule has 1 aliphatic rings. The van der Waals surface area contributed by atoms with Crippen LogP contribution in [0.3, 0.4) is 0 Å². The number of furan rings is 1. The average molecular weight is 276 g/mol. The first-order valence-electron chi connectivity index (χ1n) is 7.72. The van der Waals surface area contributed by atoms with E-state index in [1.807, 2.05) is 13.0 Å². The summed E-state index contributed by atoms with van der Waals surface area (Å²) in [5.41, 5.74) is 1.41. The van der Waals surface area contributed by atoms with E-state index in [0.29, 0.717) is 12.1 Å². The summed E-state index contributed by atoms with van der Waals surface area (Å²) < 4.78 is 5.69. The predicted molar refractivity (Wildman–Crippen MR) is 83.9 cm³/mol. The summed E-state index contributed by atoms with van der Waals surface area (Å²) in [5, 5.41) is 3.70. The van der Waals surface area contributed by atoms with Gasteiger partial charge in [0.05, 0.1) is 6.04 Å². The topological polar surface area (TPSA) is 28.4 Å². The Bertz CT molecular complexity index is 438. The molecule has 1 aromatic rings. The van der Waals surface area contributed by atoms with Crippen LogP contribution in [0.5, 0.6) is 0 Å². The van der Waals surface area contributed by atoms with Crippen LogP contribution in [-0.2, 0) is 0 Å². The van der Waals surface area contributed by atoms with Crippen molar-refractivity contribution in [2.45, 2.75) is 52.6 Å². The van der Waals surface area contributed by atoms with Gasteiger partial charge in [0.15, 0.2) is 0 Å². The van der Waals surface area contributed by atoms with E-state index in [0.717, 1.165) is 18.1 Å².